The molecule has 19 heavy (non-hydrogen) atoms. The van der Waals surface area contributed by atoms with Crippen LogP contribution in [-0.4, -0.2) is 6.54 Å². The third kappa shape index (κ3) is 2.69. The molecule has 3 nitrogen and oxygen atoms in total. The fourth-order valence-corrected chi connectivity index (χ4v) is 2.06. The minimum atomic E-state index is 0.517. The number of rotatable bonds is 3. The second-order valence-corrected chi connectivity index (χ2v) is 4.46. The van der Waals surface area contributed by atoms with Crippen molar-refractivity contribution in [2.24, 2.45) is 0 Å². The second-order valence-electron chi connectivity index (χ2n) is 4.46. The van der Waals surface area contributed by atoms with E-state index in [9.17, 15) is 0 Å². The average Bonchev–Trinajstić information content (AvgIpc) is 2.42. The number of anilines is 3. The maximum Gasteiger partial charge on any atom is 0.101 e. The quantitative estimate of drug-likeness (QED) is 0.848. The number of nitrogens with two attached hydrogens (primary N) is 1. The Morgan fingerprint density at radius 3 is 2.26 bits per heavy atom. The first-order chi connectivity index (χ1) is 9.15. The van der Waals surface area contributed by atoms with Crippen LogP contribution < -0.4 is 10.6 Å². The third-order valence-electron chi connectivity index (χ3n) is 3.13. The van der Waals surface area contributed by atoms with Gasteiger partial charge in [0.1, 0.15) is 6.07 Å². The molecular formula is C16H17N3. The van der Waals surface area contributed by atoms with E-state index in [4.69, 9.17) is 11.0 Å². The summed E-state index contributed by atoms with van der Waals surface area (Å²) in [6.45, 7) is 5.00. The first kappa shape index (κ1) is 13.0. The first-order valence-corrected chi connectivity index (χ1v) is 6.29. The molecule has 2 aromatic rings. The van der Waals surface area contributed by atoms with Gasteiger partial charge in [-0.05, 0) is 44.2 Å². The van der Waals surface area contributed by atoms with Gasteiger partial charge in [0.25, 0.3) is 0 Å². The van der Waals surface area contributed by atoms with Gasteiger partial charge in [0, 0.05) is 17.9 Å². The fourth-order valence-electron chi connectivity index (χ4n) is 2.06. The Kier molecular flexibility index (Phi) is 3.72. The highest BCUT2D eigenvalue weighted by molar-refractivity contribution is 5.69. The van der Waals surface area contributed by atoms with Crippen molar-refractivity contribution in [2.75, 3.05) is 17.2 Å². The first-order valence-electron chi connectivity index (χ1n) is 6.29. The van der Waals surface area contributed by atoms with Gasteiger partial charge in [-0.3, -0.25) is 0 Å². The van der Waals surface area contributed by atoms with Crippen LogP contribution >= 0.6 is 0 Å². The van der Waals surface area contributed by atoms with Gasteiger partial charge in [0.2, 0.25) is 0 Å². The zero-order valence-corrected chi connectivity index (χ0v) is 11.2. The number of benzene rings is 2. The van der Waals surface area contributed by atoms with Gasteiger partial charge in [-0.1, -0.05) is 17.7 Å². The average molecular weight is 251 g/mol. The molecule has 0 unspecified atom stereocenters. The predicted octanol–water partition coefficient (Wildman–Crippen LogP) is 3.61. The van der Waals surface area contributed by atoms with E-state index in [-0.39, 0.29) is 0 Å². The molecule has 0 amide bonds. The highest BCUT2D eigenvalue weighted by atomic mass is 15.1. The van der Waals surface area contributed by atoms with Crippen molar-refractivity contribution in [3.63, 3.8) is 0 Å². The van der Waals surface area contributed by atoms with Gasteiger partial charge in [-0.2, -0.15) is 5.26 Å². The highest BCUT2D eigenvalue weighted by Crippen LogP contribution is 2.28. The topological polar surface area (TPSA) is 53.0 Å². The van der Waals surface area contributed by atoms with E-state index in [0.717, 1.165) is 17.9 Å². The molecule has 0 bridgehead atoms. The summed E-state index contributed by atoms with van der Waals surface area (Å²) in [7, 11) is 0. The van der Waals surface area contributed by atoms with Crippen LogP contribution in [-0.2, 0) is 0 Å². The molecule has 96 valence electrons. The molecule has 0 saturated carbocycles. The lowest BCUT2D eigenvalue weighted by Gasteiger charge is -2.24. The largest absolute Gasteiger partial charge is 0.398 e. The smallest absolute Gasteiger partial charge is 0.101 e. The summed E-state index contributed by atoms with van der Waals surface area (Å²) >= 11 is 0. The maximum atomic E-state index is 8.91. The number of hydrogen-bond acceptors (Lipinski definition) is 3. The Morgan fingerprint density at radius 1 is 1.11 bits per heavy atom. The van der Waals surface area contributed by atoms with Crippen LogP contribution in [0.1, 0.15) is 18.1 Å². The second kappa shape index (κ2) is 5.45. The summed E-state index contributed by atoms with van der Waals surface area (Å²) in [4.78, 5) is 2.16. The third-order valence-corrected chi connectivity index (χ3v) is 3.13. The molecule has 2 N–H and O–H groups in total. The maximum absolute atomic E-state index is 8.91. The van der Waals surface area contributed by atoms with Crippen molar-refractivity contribution in [1.82, 2.24) is 0 Å². The van der Waals surface area contributed by atoms with Crippen molar-refractivity contribution in [1.29, 1.82) is 5.26 Å². The summed E-state index contributed by atoms with van der Waals surface area (Å²) in [5, 5.41) is 8.91. The van der Waals surface area contributed by atoms with Gasteiger partial charge >= 0.3 is 0 Å². The van der Waals surface area contributed by atoms with Gasteiger partial charge in [-0.25, -0.2) is 0 Å². The molecule has 0 atom stereocenters. The normalized spacial score (nSPS) is 9.95. The summed E-state index contributed by atoms with van der Waals surface area (Å²) in [6.07, 6.45) is 0. The van der Waals surface area contributed by atoms with Crippen molar-refractivity contribution in [3.8, 4) is 6.07 Å². The van der Waals surface area contributed by atoms with Gasteiger partial charge < -0.3 is 10.6 Å². The molecule has 3 heteroatoms. The Balaban J connectivity index is 2.40. The van der Waals surface area contributed by atoms with E-state index in [1.165, 1.54) is 5.56 Å². The van der Waals surface area contributed by atoms with Crippen molar-refractivity contribution in [2.45, 2.75) is 13.8 Å². The Hall–Kier alpha value is -2.47. The minimum absolute atomic E-state index is 0.517. The van der Waals surface area contributed by atoms with E-state index in [2.05, 4.69) is 49.1 Å². The lowest BCUT2D eigenvalue weighted by Crippen LogP contribution is -2.16. The van der Waals surface area contributed by atoms with Gasteiger partial charge in [0.15, 0.2) is 0 Å². The number of hydrogen-bond donors (Lipinski definition) is 1. The Bertz CT molecular complexity index is 609. The number of aryl methyl sites for hydroxylation is 1. The SMILES string of the molecule is CCN(c1ccc(C)cc1)c1ccc(C#N)c(N)c1. The van der Waals surface area contributed by atoms with E-state index in [0.29, 0.717) is 11.3 Å². The summed E-state index contributed by atoms with van der Waals surface area (Å²) in [5.74, 6) is 0. The van der Waals surface area contributed by atoms with E-state index in [1.54, 1.807) is 6.07 Å². The number of nitriles is 1. The van der Waals surface area contributed by atoms with Crippen LogP contribution in [0.25, 0.3) is 0 Å². The van der Waals surface area contributed by atoms with Crippen LogP contribution in [0.4, 0.5) is 17.1 Å². The zero-order valence-electron chi connectivity index (χ0n) is 11.2. The van der Waals surface area contributed by atoms with Crippen LogP contribution in [0.3, 0.4) is 0 Å². The standard InChI is InChI=1S/C16H17N3/c1-3-19(14-7-4-12(2)5-8-14)15-9-6-13(11-17)16(18)10-15/h4-10H,3,18H2,1-2H3. The van der Waals surface area contributed by atoms with E-state index < -0.39 is 0 Å². The number of nitrogen functional groups attached to an aromatic ring is 1. The van der Waals surface area contributed by atoms with Gasteiger partial charge in [0.05, 0.1) is 11.3 Å². The summed E-state index contributed by atoms with van der Waals surface area (Å²) < 4.78 is 0. The van der Waals surface area contributed by atoms with Crippen LogP contribution in [0, 0.1) is 18.3 Å². The van der Waals surface area contributed by atoms with Crippen LogP contribution in [0.5, 0.6) is 0 Å². The lowest BCUT2D eigenvalue weighted by molar-refractivity contribution is 1.02. The van der Waals surface area contributed by atoms with E-state index in [1.807, 2.05) is 12.1 Å². The van der Waals surface area contributed by atoms with E-state index >= 15 is 0 Å². The van der Waals surface area contributed by atoms with Crippen molar-refractivity contribution >= 4 is 17.1 Å². The molecule has 0 aliphatic carbocycles. The predicted molar refractivity (Wildman–Crippen MR) is 79.4 cm³/mol. The lowest BCUT2D eigenvalue weighted by atomic mass is 10.1. The summed E-state index contributed by atoms with van der Waals surface area (Å²) in [6, 6.07) is 16.0. The van der Waals surface area contributed by atoms with Crippen LogP contribution in [0.15, 0.2) is 42.5 Å². The molecule has 0 spiro atoms. The number of nitrogens with zero attached hydrogens (tertiary/aromatic N) is 2. The molecule has 0 aliphatic heterocycles. The molecule has 0 saturated heterocycles. The van der Waals surface area contributed by atoms with Gasteiger partial charge in [-0.15, -0.1) is 0 Å². The molecule has 0 fully saturated rings. The summed E-state index contributed by atoms with van der Waals surface area (Å²) in [5.41, 5.74) is 10.3. The van der Waals surface area contributed by atoms with Crippen molar-refractivity contribution < 1.29 is 0 Å². The minimum Gasteiger partial charge on any atom is -0.398 e. The Morgan fingerprint density at radius 2 is 1.74 bits per heavy atom. The molecule has 2 rings (SSSR count). The van der Waals surface area contributed by atoms with Crippen molar-refractivity contribution in [3.05, 3.63) is 53.6 Å². The molecule has 0 radical (unpaired) electrons. The molecule has 2 aromatic carbocycles. The monoisotopic (exact) mass is 251 g/mol. The molecule has 0 aromatic heterocycles. The molecule has 0 aliphatic rings. The van der Waals surface area contributed by atoms with Crippen LogP contribution in [0.2, 0.25) is 0 Å². The molecule has 0 heterocycles. The Labute approximate surface area is 113 Å². The fraction of sp³-hybridized carbons (Fsp3) is 0.188. The zero-order chi connectivity index (χ0) is 13.8. The highest BCUT2D eigenvalue weighted by Gasteiger charge is 2.08. The molecular weight excluding hydrogens is 234 g/mol.